The van der Waals surface area contributed by atoms with Crippen LogP contribution in [0.4, 0.5) is 0 Å². The molecule has 12 heavy (non-hydrogen) atoms. The van der Waals surface area contributed by atoms with Crippen molar-refractivity contribution in [3.8, 4) is 0 Å². The van der Waals surface area contributed by atoms with Crippen LogP contribution in [0, 0.1) is 10.8 Å². The summed E-state index contributed by atoms with van der Waals surface area (Å²) < 4.78 is 10.8. The zero-order valence-electron chi connectivity index (χ0n) is 7.46. The molecular formula is C9H14O3. The Labute approximate surface area is 71.7 Å². The zero-order valence-corrected chi connectivity index (χ0v) is 7.46. The Hall–Kier alpha value is -0.120. The molecule has 68 valence electrons. The Morgan fingerprint density at radius 2 is 1.83 bits per heavy atom. The maximum Gasteiger partial charge on any atom is 0.200 e. The summed E-state index contributed by atoms with van der Waals surface area (Å²) in [6, 6.07) is 0. The van der Waals surface area contributed by atoms with Crippen molar-refractivity contribution in [2.24, 2.45) is 10.8 Å². The highest BCUT2D eigenvalue weighted by molar-refractivity contribution is 5.41. The van der Waals surface area contributed by atoms with Crippen LogP contribution in [0.3, 0.4) is 0 Å². The molecule has 1 N–H and O–H groups in total. The Morgan fingerprint density at radius 3 is 2.08 bits per heavy atom. The molecule has 0 aromatic rings. The molecule has 3 saturated carbocycles. The average molecular weight is 170 g/mol. The van der Waals surface area contributed by atoms with Gasteiger partial charge in [0.25, 0.3) is 0 Å². The molecule has 1 unspecified atom stereocenters. The smallest absolute Gasteiger partial charge is 0.200 e. The Bertz CT molecular complexity index is 238. The van der Waals surface area contributed by atoms with Gasteiger partial charge < -0.3 is 14.6 Å². The standard InChI is InChI=1S/C9H14O3/c1-11-9(12-2)6(10)3-7-4-8(7,9)5-7/h6,10H,3-5H2,1-2H3. The van der Waals surface area contributed by atoms with Crippen LogP contribution in [-0.4, -0.2) is 31.2 Å². The quantitative estimate of drug-likeness (QED) is 0.614. The van der Waals surface area contributed by atoms with Crippen molar-refractivity contribution in [3.63, 3.8) is 0 Å². The van der Waals surface area contributed by atoms with Crippen molar-refractivity contribution in [2.45, 2.75) is 31.2 Å². The molecule has 0 heterocycles. The van der Waals surface area contributed by atoms with E-state index >= 15 is 0 Å². The fourth-order valence-corrected chi connectivity index (χ4v) is 3.54. The van der Waals surface area contributed by atoms with Gasteiger partial charge in [-0.3, -0.25) is 0 Å². The Balaban J connectivity index is 2.01. The van der Waals surface area contributed by atoms with Gasteiger partial charge in [-0.1, -0.05) is 0 Å². The molecule has 0 amide bonds. The summed E-state index contributed by atoms with van der Waals surface area (Å²) in [7, 11) is 3.27. The van der Waals surface area contributed by atoms with Crippen molar-refractivity contribution in [3.05, 3.63) is 0 Å². The Kier molecular flexibility index (Phi) is 0.965. The lowest BCUT2D eigenvalue weighted by atomic mass is 9.92. The predicted octanol–water partition coefficient (Wildman–Crippen LogP) is 0.520. The molecule has 0 spiro atoms. The van der Waals surface area contributed by atoms with E-state index in [0.717, 1.165) is 6.42 Å². The number of rotatable bonds is 2. The minimum Gasteiger partial charge on any atom is -0.387 e. The SMILES string of the molecule is COC1(OC)C(O)CC23CC21C3. The van der Waals surface area contributed by atoms with Crippen LogP contribution >= 0.6 is 0 Å². The lowest BCUT2D eigenvalue weighted by molar-refractivity contribution is -0.278. The second-order valence-electron chi connectivity index (χ2n) is 4.51. The van der Waals surface area contributed by atoms with E-state index in [1.165, 1.54) is 12.8 Å². The maximum atomic E-state index is 9.78. The first-order chi connectivity index (χ1) is 5.66. The predicted molar refractivity (Wildman–Crippen MR) is 41.5 cm³/mol. The van der Waals surface area contributed by atoms with Crippen LogP contribution in [0.2, 0.25) is 0 Å². The van der Waals surface area contributed by atoms with E-state index in [4.69, 9.17) is 9.47 Å². The van der Waals surface area contributed by atoms with E-state index in [1.807, 2.05) is 0 Å². The normalized spacial score (nSPS) is 57.8. The molecule has 0 aromatic carbocycles. The first kappa shape index (κ1) is 7.30. The molecule has 3 aliphatic rings. The molecule has 0 aromatic heterocycles. The van der Waals surface area contributed by atoms with Crippen molar-refractivity contribution < 1.29 is 14.6 Å². The molecule has 3 nitrogen and oxygen atoms in total. The lowest BCUT2D eigenvalue weighted by Gasteiger charge is -2.37. The van der Waals surface area contributed by atoms with Gasteiger partial charge in [-0.25, -0.2) is 0 Å². The molecule has 3 fully saturated rings. The van der Waals surface area contributed by atoms with Gasteiger partial charge in [-0.15, -0.1) is 0 Å². The van der Waals surface area contributed by atoms with Crippen molar-refractivity contribution in [2.75, 3.05) is 14.2 Å². The van der Waals surface area contributed by atoms with E-state index in [2.05, 4.69) is 0 Å². The van der Waals surface area contributed by atoms with E-state index in [9.17, 15) is 5.11 Å². The van der Waals surface area contributed by atoms with Crippen LogP contribution in [0.5, 0.6) is 0 Å². The summed E-state index contributed by atoms with van der Waals surface area (Å²) in [5.74, 6) is -0.674. The zero-order chi connectivity index (χ0) is 8.61. The summed E-state index contributed by atoms with van der Waals surface area (Å²) in [6.45, 7) is 0. The third-order valence-electron chi connectivity index (χ3n) is 4.34. The largest absolute Gasteiger partial charge is 0.387 e. The number of hydrogen-bond donors (Lipinski definition) is 1. The summed E-state index contributed by atoms with van der Waals surface area (Å²) >= 11 is 0. The van der Waals surface area contributed by atoms with Gasteiger partial charge in [0.15, 0.2) is 5.79 Å². The van der Waals surface area contributed by atoms with Gasteiger partial charge in [0.2, 0.25) is 0 Å². The minimum absolute atomic E-state index is 0.197. The second-order valence-corrected chi connectivity index (χ2v) is 4.51. The molecule has 0 aliphatic heterocycles. The lowest BCUT2D eigenvalue weighted by Crippen LogP contribution is -2.49. The first-order valence-corrected chi connectivity index (χ1v) is 4.45. The number of ether oxygens (including phenoxy) is 2. The number of hydrogen-bond acceptors (Lipinski definition) is 3. The summed E-state index contributed by atoms with van der Waals surface area (Å²) in [5, 5.41) is 9.78. The Morgan fingerprint density at radius 1 is 1.25 bits per heavy atom. The highest BCUT2D eigenvalue weighted by Crippen LogP contribution is 2.96. The highest BCUT2D eigenvalue weighted by atomic mass is 16.7. The summed E-state index contributed by atoms with van der Waals surface area (Å²) in [5.41, 5.74) is 0.612. The molecule has 1 atom stereocenters. The molecule has 3 heteroatoms. The van der Waals surface area contributed by atoms with Crippen molar-refractivity contribution >= 4 is 0 Å². The molecule has 0 bridgehead atoms. The summed E-state index contributed by atoms with van der Waals surface area (Å²) in [6.07, 6.45) is 2.83. The molecule has 3 rings (SSSR count). The third-order valence-corrected chi connectivity index (χ3v) is 4.34. The van der Waals surface area contributed by atoms with Gasteiger partial charge in [0, 0.05) is 19.6 Å². The van der Waals surface area contributed by atoms with Crippen molar-refractivity contribution in [1.82, 2.24) is 0 Å². The minimum atomic E-state index is -0.674. The fourth-order valence-electron chi connectivity index (χ4n) is 3.54. The van der Waals surface area contributed by atoms with E-state index in [0.29, 0.717) is 5.41 Å². The highest BCUT2D eigenvalue weighted by Gasteiger charge is 2.96. The third kappa shape index (κ3) is 0.424. The van der Waals surface area contributed by atoms with E-state index in [-0.39, 0.29) is 5.41 Å². The van der Waals surface area contributed by atoms with Gasteiger partial charge in [-0.05, 0) is 24.7 Å². The monoisotopic (exact) mass is 170 g/mol. The average Bonchev–Trinajstić information content (AvgIpc) is 2.76. The molecule has 3 aliphatic carbocycles. The van der Waals surface area contributed by atoms with E-state index < -0.39 is 11.9 Å². The van der Waals surface area contributed by atoms with Gasteiger partial charge in [-0.2, -0.15) is 0 Å². The van der Waals surface area contributed by atoms with Crippen molar-refractivity contribution in [1.29, 1.82) is 0 Å². The van der Waals surface area contributed by atoms with Crippen LogP contribution in [0.15, 0.2) is 0 Å². The van der Waals surface area contributed by atoms with Gasteiger partial charge in [0.05, 0.1) is 0 Å². The van der Waals surface area contributed by atoms with E-state index in [1.54, 1.807) is 14.2 Å². The maximum absolute atomic E-state index is 9.78. The fraction of sp³-hybridized carbons (Fsp3) is 1.00. The first-order valence-electron chi connectivity index (χ1n) is 4.45. The van der Waals surface area contributed by atoms with Gasteiger partial charge >= 0.3 is 0 Å². The van der Waals surface area contributed by atoms with Crippen LogP contribution < -0.4 is 0 Å². The van der Waals surface area contributed by atoms with Crippen LogP contribution in [0.25, 0.3) is 0 Å². The molecular weight excluding hydrogens is 156 g/mol. The van der Waals surface area contributed by atoms with Gasteiger partial charge in [0.1, 0.15) is 6.10 Å². The topological polar surface area (TPSA) is 38.7 Å². The summed E-state index contributed by atoms with van der Waals surface area (Å²) in [4.78, 5) is 0. The number of methoxy groups -OCH3 is 2. The molecule has 0 radical (unpaired) electrons. The number of aliphatic hydroxyl groups is 1. The second kappa shape index (κ2) is 1.59. The van der Waals surface area contributed by atoms with Crippen LogP contribution in [-0.2, 0) is 9.47 Å². The molecule has 0 saturated heterocycles. The van der Waals surface area contributed by atoms with Crippen LogP contribution in [0.1, 0.15) is 19.3 Å². The number of aliphatic hydroxyl groups excluding tert-OH is 1.